The largest absolute Gasteiger partial charge is 0.497 e. The molecule has 0 spiro atoms. The Kier molecular flexibility index (Phi) is 5.96. The van der Waals surface area contributed by atoms with Crippen LogP contribution in [0.5, 0.6) is 5.75 Å². The van der Waals surface area contributed by atoms with Crippen molar-refractivity contribution in [2.24, 2.45) is 5.92 Å². The molecule has 158 valence electrons. The van der Waals surface area contributed by atoms with Crippen LogP contribution in [-0.4, -0.2) is 33.7 Å². The molecule has 0 saturated carbocycles. The van der Waals surface area contributed by atoms with Crippen LogP contribution in [0.4, 0.5) is 0 Å². The first-order valence-corrected chi connectivity index (χ1v) is 10.3. The maximum Gasteiger partial charge on any atom is 0.239 e. The summed E-state index contributed by atoms with van der Waals surface area (Å²) >= 11 is 0. The van der Waals surface area contributed by atoms with E-state index in [1.165, 1.54) is 0 Å². The number of carbonyl (C=O) groups excluding carboxylic acids is 1. The van der Waals surface area contributed by atoms with Crippen LogP contribution in [0.15, 0.2) is 48.7 Å². The number of ether oxygens (including phenoxy) is 1. The molecule has 8 nitrogen and oxygen atoms in total. The van der Waals surface area contributed by atoms with E-state index in [0.29, 0.717) is 12.3 Å². The summed E-state index contributed by atoms with van der Waals surface area (Å²) in [5.74, 6) is 1.92. The minimum Gasteiger partial charge on any atom is -0.497 e. The Morgan fingerprint density at radius 3 is 2.73 bits per heavy atom. The molecule has 3 atom stereocenters. The van der Waals surface area contributed by atoms with Crippen molar-refractivity contribution in [1.82, 2.24) is 30.8 Å². The number of methoxy groups -OCH3 is 1. The number of aromatic nitrogens is 3. The molecule has 2 unspecified atom stereocenters. The summed E-state index contributed by atoms with van der Waals surface area (Å²) in [5, 5.41) is 11.8. The second-order valence-corrected chi connectivity index (χ2v) is 8.08. The number of pyridine rings is 1. The number of nitrogens with zero attached hydrogens (tertiary/aromatic N) is 3. The van der Waals surface area contributed by atoms with Gasteiger partial charge in [0.2, 0.25) is 5.91 Å². The fourth-order valence-corrected chi connectivity index (χ4v) is 3.85. The van der Waals surface area contributed by atoms with Crippen LogP contribution >= 0.6 is 0 Å². The van der Waals surface area contributed by atoms with E-state index in [2.05, 4.69) is 40.2 Å². The topological polar surface area (TPSA) is 92.6 Å². The third-order valence-electron chi connectivity index (χ3n) is 5.41. The normalized spacial score (nSPS) is 19.9. The molecular weight excluding hydrogens is 380 g/mol. The number of hydrazine groups is 1. The summed E-state index contributed by atoms with van der Waals surface area (Å²) in [6.45, 7) is 4.27. The average Bonchev–Trinajstić information content (AvgIpc) is 3.41. The van der Waals surface area contributed by atoms with Crippen molar-refractivity contribution in [2.75, 3.05) is 7.11 Å². The summed E-state index contributed by atoms with van der Waals surface area (Å²) in [6, 6.07) is 13.2. The standard InChI is InChI=1S/C22H28N6O2/c1-14(2)12-18(21-27-26-20-6-4-5-11-28(20)21)23-22(29)19-13-17(24-25-19)15-7-9-16(30-3)10-8-15/h4-11,14,17-19,24-25H,12-13H2,1-3H3,(H,23,29)/t17?,18-,19?/m1/s1. The van der Waals surface area contributed by atoms with Gasteiger partial charge < -0.3 is 10.1 Å². The summed E-state index contributed by atoms with van der Waals surface area (Å²) in [7, 11) is 1.65. The van der Waals surface area contributed by atoms with Crippen molar-refractivity contribution in [1.29, 1.82) is 0 Å². The second kappa shape index (κ2) is 8.81. The molecular formula is C22H28N6O2. The summed E-state index contributed by atoms with van der Waals surface area (Å²) in [4.78, 5) is 13.1. The van der Waals surface area contributed by atoms with Gasteiger partial charge in [0.25, 0.3) is 0 Å². The minimum atomic E-state index is -0.328. The molecule has 30 heavy (non-hydrogen) atoms. The smallest absolute Gasteiger partial charge is 0.239 e. The number of hydrogen-bond acceptors (Lipinski definition) is 6. The van der Waals surface area contributed by atoms with E-state index in [-0.39, 0.29) is 24.0 Å². The summed E-state index contributed by atoms with van der Waals surface area (Å²) < 4.78 is 7.16. The van der Waals surface area contributed by atoms with Crippen molar-refractivity contribution >= 4 is 11.6 Å². The van der Waals surface area contributed by atoms with Crippen molar-refractivity contribution in [3.8, 4) is 5.75 Å². The highest BCUT2D eigenvalue weighted by Gasteiger charge is 2.32. The first kappa shape index (κ1) is 20.3. The lowest BCUT2D eigenvalue weighted by Gasteiger charge is -2.21. The molecule has 3 N–H and O–H groups in total. The van der Waals surface area contributed by atoms with Gasteiger partial charge in [-0.15, -0.1) is 10.2 Å². The highest BCUT2D eigenvalue weighted by atomic mass is 16.5. The van der Waals surface area contributed by atoms with Crippen LogP contribution in [0.1, 0.15) is 50.2 Å². The molecule has 3 aromatic rings. The lowest BCUT2D eigenvalue weighted by molar-refractivity contribution is -0.123. The van der Waals surface area contributed by atoms with Gasteiger partial charge in [0.05, 0.1) is 13.2 Å². The number of rotatable bonds is 7. The number of nitrogens with one attached hydrogen (secondary N) is 3. The first-order valence-electron chi connectivity index (χ1n) is 10.3. The Bertz CT molecular complexity index is 1000. The third kappa shape index (κ3) is 4.29. The van der Waals surface area contributed by atoms with Crippen LogP contribution in [0.3, 0.4) is 0 Å². The number of amides is 1. The molecule has 8 heteroatoms. The fourth-order valence-electron chi connectivity index (χ4n) is 3.85. The van der Waals surface area contributed by atoms with E-state index in [1.807, 2.05) is 53.1 Å². The monoisotopic (exact) mass is 408 g/mol. The lowest BCUT2D eigenvalue weighted by Crippen LogP contribution is -2.45. The molecule has 0 aliphatic carbocycles. The third-order valence-corrected chi connectivity index (χ3v) is 5.41. The molecule has 1 amide bonds. The Hall–Kier alpha value is -2.97. The van der Waals surface area contributed by atoms with Crippen LogP contribution in [0.25, 0.3) is 5.65 Å². The molecule has 3 heterocycles. The van der Waals surface area contributed by atoms with Gasteiger partial charge in [0.1, 0.15) is 11.8 Å². The van der Waals surface area contributed by atoms with E-state index < -0.39 is 0 Å². The van der Waals surface area contributed by atoms with Crippen LogP contribution in [0.2, 0.25) is 0 Å². The maximum absolute atomic E-state index is 13.1. The van der Waals surface area contributed by atoms with Crippen molar-refractivity contribution < 1.29 is 9.53 Å². The quantitative estimate of drug-likeness (QED) is 0.556. The van der Waals surface area contributed by atoms with Crippen LogP contribution in [-0.2, 0) is 4.79 Å². The minimum absolute atomic E-state index is 0.0446. The van der Waals surface area contributed by atoms with Gasteiger partial charge in [-0.1, -0.05) is 32.0 Å². The highest BCUT2D eigenvalue weighted by Crippen LogP contribution is 2.26. The van der Waals surface area contributed by atoms with E-state index in [9.17, 15) is 4.79 Å². The van der Waals surface area contributed by atoms with Crippen molar-refractivity contribution in [3.05, 3.63) is 60.0 Å². The molecule has 2 aromatic heterocycles. The number of carbonyl (C=O) groups is 1. The highest BCUT2D eigenvalue weighted by molar-refractivity contribution is 5.82. The van der Waals surface area contributed by atoms with E-state index in [0.717, 1.165) is 29.2 Å². The SMILES string of the molecule is COc1ccc(C2CC(C(=O)N[C@H](CC(C)C)c3nnc4ccccn34)NN2)cc1. The molecule has 1 fully saturated rings. The van der Waals surface area contributed by atoms with Gasteiger partial charge in [-0.05, 0) is 48.6 Å². The first-order chi connectivity index (χ1) is 14.5. The van der Waals surface area contributed by atoms with Gasteiger partial charge in [-0.2, -0.15) is 0 Å². The van der Waals surface area contributed by atoms with Gasteiger partial charge in [0, 0.05) is 12.2 Å². The Labute approximate surface area is 176 Å². The van der Waals surface area contributed by atoms with Gasteiger partial charge in [-0.25, -0.2) is 10.9 Å². The molecule has 4 rings (SSSR count). The predicted octanol–water partition coefficient (Wildman–Crippen LogP) is 2.55. The zero-order chi connectivity index (χ0) is 21.1. The van der Waals surface area contributed by atoms with Crippen molar-refractivity contribution in [2.45, 2.75) is 44.8 Å². The van der Waals surface area contributed by atoms with E-state index in [1.54, 1.807) is 7.11 Å². The van der Waals surface area contributed by atoms with Gasteiger partial charge >= 0.3 is 0 Å². The van der Waals surface area contributed by atoms with Gasteiger partial charge in [-0.3, -0.25) is 9.20 Å². The van der Waals surface area contributed by atoms with E-state index in [4.69, 9.17) is 4.74 Å². The average molecular weight is 409 g/mol. The molecule has 0 bridgehead atoms. The Morgan fingerprint density at radius 2 is 2.00 bits per heavy atom. The molecule has 1 aromatic carbocycles. The van der Waals surface area contributed by atoms with E-state index >= 15 is 0 Å². The lowest BCUT2D eigenvalue weighted by atomic mass is 10.00. The molecule has 1 saturated heterocycles. The van der Waals surface area contributed by atoms with Crippen LogP contribution in [0, 0.1) is 5.92 Å². The molecule has 1 aliphatic heterocycles. The second-order valence-electron chi connectivity index (χ2n) is 8.08. The van der Waals surface area contributed by atoms with Crippen LogP contribution < -0.4 is 20.9 Å². The van der Waals surface area contributed by atoms with Gasteiger partial charge in [0.15, 0.2) is 11.5 Å². The number of fused-ring (bicyclic) bond motifs is 1. The summed E-state index contributed by atoms with van der Waals surface area (Å²) in [6.07, 6.45) is 3.37. The number of hydrogen-bond donors (Lipinski definition) is 3. The maximum atomic E-state index is 13.1. The fraction of sp³-hybridized carbons (Fsp3) is 0.409. The Balaban J connectivity index is 1.46. The zero-order valence-corrected chi connectivity index (χ0v) is 17.5. The number of benzene rings is 1. The Morgan fingerprint density at radius 1 is 1.20 bits per heavy atom. The molecule has 0 radical (unpaired) electrons. The predicted molar refractivity (Wildman–Crippen MR) is 114 cm³/mol. The molecule has 1 aliphatic rings. The summed E-state index contributed by atoms with van der Waals surface area (Å²) in [5.41, 5.74) is 8.26. The zero-order valence-electron chi connectivity index (χ0n) is 17.5. The van der Waals surface area contributed by atoms with Crippen molar-refractivity contribution in [3.63, 3.8) is 0 Å².